The van der Waals surface area contributed by atoms with E-state index in [4.69, 9.17) is 4.52 Å². The zero-order valence-corrected chi connectivity index (χ0v) is 16.9. The first-order chi connectivity index (χ1) is 14.1. The van der Waals surface area contributed by atoms with Crippen LogP contribution in [0, 0.1) is 0 Å². The fourth-order valence-electron chi connectivity index (χ4n) is 2.90. The molecule has 6 nitrogen and oxygen atoms in total. The molecule has 146 valence electrons. The fourth-order valence-corrected chi connectivity index (χ4v) is 3.55. The number of hydrogen-bond donors (Lipinski definition) is 1. The van der Waals surface area contributed by atoms with E-state index < -0.39 is 0 Å². The molecule has 2 aromatic heterocycles. The van der Waals surface area contributed by atoms with Crippen LogP contribution >= 0.6 is 11.3 Å². The number of para-hydroxylation sites is 1. The van der Waals surface area contributed by atoms with Crippen molar-refractivity contribution in [1.29, 1.82) is 0 Å². The molecule has 0 saturated carbocycles. The number of rotatable bonds is 6. The lowest BCUT2D eigenvalue weighted by atomic mass is 10.1. The number of nitrogens with zero attached hydrogens (tertiary/aromatic N) is 3. The van der Waals surface area contributed by atoms with Gasteiger partial charge in [0.2, 0.25) is 11.7 Å². The second-order valence-electron chi connectivity index (χ2n) is 6.72. The van der Waals surface area contributed by atoms with Crippen molar-refractivity contribution in [3.05, 3.63) is 83.1 Å². The van der Waals surface area contributed by atoms with Crippen molar-refractivity contribution >= 4 is 28.6 Å². The summed E-state index contributed by atoms with van der Waals surface area (Å²) in [5.41, 5.74) is 3.28. The van der Waals surface area contributed by atoms with Gasteiger partial charge in [-0.05, 0) is 47.3 Å². The van der Waals surface area contributed by atoms with E-state index >= 15 is 0 Å². The maximum Gasteiger partial charge on any atom is 0.255 e. The molecule has 0 unspecified atom stereocenters. The normalized spacial score (nSPS) is 10.7. The number of anilines is 2. The van der Waals surface area contributed by atoms with Crippen LogP contribution in [-0.2, 0) is 6.42 Å². The number of amides is 1. The molecule has 0 aliphatic heterocycles. The lowest BCUT2D eigenvalue weighted by molar-refractivity contribution is 0.102. The second kappa shape index (κ2) is 8.28. The molecule has 0 saturated heterocycles. The molecule has 2 heterocycles. The van der Waals surface area contributed by atoms with Gasteiger partial charge in [-0.25, -0.2) is 0 Å². The average molecular weight is 404 g/mol. The summed E-state index contributed by atoms with van der Waals surface area (Å²) in [5.74, 6) is 0.926. The summed E-state index contributed by atoms with van der Waals surface area (Å²) in [6, 6.07) is 19.0. The summed E-state index contributed by atoms with van der Waals surface area (Å²) in [7, 11) is 3.93. The van der Waals surface area contributed by atoms with Crippen molar-refractivity contribution in [3.8, 4) is 10.7 Å². The maximum absolute atomic E-state index is 12.7. The van der Waals surface area contributed by atoms with Gasteiger partial charge in [-0.3, -0.25) is 4.79 Å². The van der Waals surface area contributed by atoms with Crippen LogP contribution in [0.3, 0.4) is 0 Å². The van der Waals surface area contributed by atoms with E-state index in [1.54, 1.807) is 11.3 Å². The lowest BCUT2D eigenvalue weighted by Gasteiger charge is -2.13. The molecule has 1 N–H and O–H groups in total. The minimum absolute atomic E-state index is 0.160. The summed E-state index contributed by atoms with van der Waals surface area (Å²) in [6.45, 7) is 0. The molecule has 0 aliphatic rings. The SMILES string of the molecule is CN(C)c1ccc(C(=O)Nc2ccccc2Cc2nc(-c3cccs3)no2)cc1. The van der Waals surface area contributed by atoms with Gasteiger partial charge in [0.1, 0.15) is 0 Å². The molecule has 4 rings (SSSR count). The Morgan fingerprint density at radius 2 is 1.86 bits per heavy atom. The van der Waals surface area contributed by atoms with E-state index in [0.717, 1.165) is 21.8 Å². The number of aromatic nitrogens is 2. The zero-order chi connectivity index (χ0) is 20.2. The van der Waals surface area contributed by atoms with Crippen LogP contribution in [0.25, 0.3) is 10.7 Å². The second-order valence-corrected chi connectivity index (χ2v) is 7.67. The largest absolute Gasteiger partial charge is 0.378 e. The Hall–Kier alpha value is -3.45. The molecule has 29 heavy (non-hydrogen) atoms. The molecule has 0 atom stereocenters. The van der Waals surface area contributed by atoms with Crippen LogP contribution in [0.5, 0.6) is 0 Å². The molecule has 4 aromatic rings. The Kier molecular flexibility index (Phi) is 5.39. The van der Waals surface area contributed by atoms with Crippen molar-refractivity contribution < 1.29 is 9.32 Å². The highest BCUT2D eigenvalue weighted by Gasteiger charge is 2.14. The van der Waals surface area contributed by atoms with Crippen molar-refractivity contribution in [2.75, 3.05) is 24.3 Å². The Bertz CT molecular complexity index is 1100. The smallest absolute Gasteiger partial charge is 0.255 e. The van der Waals surface area contributed by atoms with Crippen LogP contribution in [0.1, 0.15) is 21.8 Å². The Morgan fingerprint density at radius 1 is 1.07 bits per heavy atom. The third-order valence-electron chi connectivity index (χ3n) is 4.46. The van der Waals surface area contributed by atoms with Crippen molar-refractivity contribution in [2.24, 2.45) is 0 Å². The van der Waals surface area contributed by atoms with Crippen LogP contribution < -0.4 is 10.2 Å². The maximum atomic E-state index is 12.7. The monoisotopic (exact) mass is 404 g/mol. The van der Waals surface area contributed by atoms with E-state index in [0.29, 0.717) is 23.7 Å². The summed E-state index contributed by atoms with van der Waals surface area (Å²) < 4.78 is 5.40. The van der Waals surface area contributed by atoms with E-state index in [1.807, 2.05) is 85.0 Å². The Morgan fingerprint density at radius 3 is 2.59 bits per heavy atom. The van der Waals surface area contributed by atoms with Crippen molar-refractivity contribution in [2.45, 2.75) is 6.42 Å². The summed E-state index contributed by atoms with van der Waals surface area (Å²) in [6.07, 6.45) is 0.439. The summed E-state index contributed by atoms with van der Waals surface area (Å²) in [5, 5.41) is 9.01. The first kappa shape index (κ1) is 18.9. The first-order valence-electron chi connectivity index (χ1n) is 9.13. The van der Waals surface area contributed by atoms with Crippen LogP contribution in [-0.4, -0.2) is 30.1 Å². The number of carbonyl (C=O) groups excluding carboxylic acids is 1. The number of carbonyl (C=O) groups is 1. The predicted octanol–water partition coefficient (Wildman–Crippen LogP) is 4.71. The van der Waals surface area contributed by atoms with Gasteiger partial charge in [-0.2, -0.15) is 4.98 Å². The highest BCUT2D eigenvalue weighted by molar-refractivity contribution is 7.13. The van der Waals surface area contributed by atoms with Crippen molar-refractivity contribution in [1.82, 2.24) is 10.1 Å². The molecular weight excluding hydrogens is 384 g/mol. The molecular formula is C22H20N4O2S. The van der Waals surface area contributed by atoms with Gasteiger partial charge in [-0.15, -0.1) is 11.3 Å². The van der Waals surface area contributed by atoms with Gasteiger partial charge < -0.3 is 14.7 Å². The standard InChI is InChI=1S/C22H20N4O2S/c1-26(2)17-11-9-15(10-12-17)22(27)23-18-7-4-3-6-16(18)14-20-24-21(25-28-20)19-8-5-13-29-19/h3-13H,14H2,1-2H3,(H,23,27). The van der Waals surface area contributed by atoms with Gasteiger partial charge in [0.05, 0.1) is 11.3 Å². The number of benzene rings is 2. The molecule has 0 spiro atoms. The summed E-state index contributed by atoms with van der Waals surface area (Å²) in [4.78, 5) is 20.1. The molecule has 2 aromatic carbocycles. The lowest BCUT2D eigenvalue weighted by Crippen LogP contribution is -2.14. The number of thiophene rings is 1. The zero-order valence-electron chi connectivity index (χ0n) is 16.1. The predicted molar refractivity (Wildman–Crippen MR) is 116 cm³/mol. The fraction of sp³-hybridized carbons (Fsp3) is 0.136. The van der Waals surface area contributed by atoms with E-state index in [9.17, 15) is 4.79 Å². The summed E-state index contributed by atoms with van der Waals surface area (Å²) >= 11 is 1.56. The Balaban J connectivity index is 1.50. The molecule has 0 radical (unpaired) electrons. The first-order valence-corrected chi connectivity index (χ1v) is 10.0. The van der Waals surface area contributed by atoms with Crippen LogP contribution in [0.2, 0.25) is 0 Å². The minimum atomic E-state index is -0.160. The molecule has 7 heteroatoms. The Labute approximate surface area is 172 Å². The van der Waals surface area contributed by atoms with Gasteiger partial charge in [0.25, 0.3) is 5.91 Å². The van der Waals surface area contributed by atoms with E-state index in [2.05, 4.69) is 15.5 Å². The van der Waals surface area contributed by atoms with Gasteiger partial charge >= 0.3 is 0 Å². The topological polar surface area (TPSA) is 71.3 Å². The van der Waals surface area contributed by atoms with Crippen LogP contribution in [0.4, 0.5) is 11.4 Å². The highest BCUT2D eigenvalue weighted by atomic mass is 32.1. The quantitative estimate of drug-likeness (QED) is 0.504. The molecule has 0 fully saturated rings. The van der Waals surface area contributed by atoms with E-state index in [1.165, 1.54) is 0 Å². The third kappa shape index (κ3) is 4.35. The highest BCUT2D eigenvalue weighted by Crippen LogP contribution is 2.24. The molecule has 1 amide bonds. The minimum Gasteiger partial charge on any atom is -0.378 e. The average Bonchev–Trinajstić information content (AvgIpc) is 3.41. The van der Waals surface area contributed by atoms with E-state index in [-0.39, 0.29) is 5.91 Å². The van der Waals surface area contributed by atoms with Gasteiger partial charge in [0, 0.05) is 31.0 Å². The number of nitrogens with one attached hydrogen (secondary N) is 1. The number of hydrogen-bond acceptors (Lipinski definition) is 6. The molecule has 0 bridgehead atoms. The van der Waals surface area contributed by atoms with Crippen LogP contribution in [0.15, 0.2) is 70.6 Å². The van der Waals surface area contributed by atoms with Gasteiger partial charge in [0.15, 0.2) is 0 Å². The van der Waals surface area contributed by atoms with Gasteiger partial charge in [-0.1, -0.05) is 29.4 Å². The molecule has 0 aliphatic carbocycles. The third-order valence-corrected chi connectivity index (χ3v) is 5.33. The van der Waals surface area contributed by atoms with Crippen molar-refractivity contribution in [3.63, 3.8) is 0 Å².